The largest absolute Gasteiger partial charge is 0.0590 e. The molecule has 1 aliphatic carbocycles. The van der Waals surface area contributed by atoms with Crippen LogP contribution in [0.2, 0.25) is 0 Å². The first-order valence-electron chi connectivity index (χ1n) is 5.25. The Kier molecular flexibility index (Phi) is 2.15. The number of hydrogen-bond acceptors (Lipinski definition) is 0. The second-order valence-electron chi connectivity index (χ2n) is 4.49. The highest BCUT2D eigenvalue weighted by Crippen LogP contribution is 2.43. The molecule has 1 aliphatic rings. The molecule has 0 N–H and O–H groups in total. The zero-order valence-electron chi connectivity index (χ0n) is 8.80. The van der Waals surface area contributed by atoms with E-state index in [1.165, 1.54) is 24.0 Å². The summed E-state index contributed by atoms with van der Waals surface area (Å²) in [6.07, 6.45) is 2.88. The van der Waals surface area contributed by atoms with Gasteiger partial charge >= 0.3 is 0 Å². The molecule has 1 saturated carbocycles. The van der Waals surface area contributed by atoms with Crippen molar-refractivity contribution in [1.82, 2.24) is 0 Å². The highest BCUT2D eigenvalue weighted by Gasteiger charge is 2.29. The van der Waals surface area contributed by atoms with E-state index < -0.39 is 0 Å². The summed E-state index contributed by atoms with van der Waals surface area (Å²) in [5.74, 6) is 1.75. The molecule has 13 heavy (non-hydrogen) atoms. The molecule has 1 aromatic rings. The summed E-state index contributed by atoms with van der Waals surface area (Å²) in [5, 5.41) is 0. The molecule has 1 atom stereocenters. The first kappa shape index (κ1) is 8.80. The molecular weight excluding hydrogens is 156 g/mol. The van der Waals surface area contributed by atoms with Gasteiger partial charge in [0.15, 0.2) is 0 Å². The van der Waals surface area contributed by atoms with Gasteiger partial charge in [0.25, 0.3) is 0 Å². The van der Waals surface area contributed by atoms with E-state index in [1.807, 2.05) is 0 Å². The SMILES string of the molecule is Cc1ccc([C@H](C)C2CC2)c(C)c1. The van der Waals surface area contributed by atoms with E-state index in [1.54, 1.807) is 5.56 Å². The van der Waals surface area contributed by atoms with Crippen LogP contribution in [0.3, 0.4) is 0 Å². The second kappa shape index (κ2) is 3.17. The van der Waals surface area contributed by atoms with Crippen LogP contribution in [0.4, 0.5) is 0 Å². The van der Waals surface area contributed by atoms with Crippen LogP contribution >= 0.6 is 0 Å². The van der Waals surface area contributed by atoms with Crippen LogP contribution < -0.4 is 0 Å². The maximum Gasteiger partial charge on any atom is -0.0159 e. The van der Waals surface area contributed by atoms with Crippen molar-refractivity contribution in [2.45, 2.75) is 39.5 Å². The summed E-state index contributed by atoms with van der Waals surface area (Å²) in [6.45, 7) is 6.77. The third kappa shape index (κ3) is 1.77. The van der Waals surface area contributed by atoms with Crippen molar-refractivity contribution in [1.29, 1.82) is 0 Å². The van der Waals surface area contributed by atoms with Crippen LogP contribution in [-0.2, 0) is 0 Å². The van der Waals surface area contributed by atoms with E-state index in [-0.39, 0.29) is 0 Å². The first-order chi connectivity index (χ1) is 6.18. The molecule has 0 nitrogen and oxygen atoms in total. The zero-order valence-corrected chi connectivity index (χ0v) is 8.80. The molecule has 0 aromatic heterocycles. The van der Waals surface area contributed by atoms with Gasteiger partial charge in [-0.2, -0.15) is 0 Å². The third-order valence-electron chi connectivity index (χ3n) is 3.24. The molecule has 0 aliphatic heterocycles. The predicted octanol–water partition coefficient (Wildman–Crippen LogP) is 3.82. The highest BCUT2D eigenvalue weighted by atomic mass is 14.3. The zero-order chi connectivity index (χ0) is 9.42. The highest BCUT2D eigenvalue weighted by molar-refractivity contribution is 5.33. The minimum absolute atomic E-state index is 0.778. The lowest BCUT2D eigenvalue weighted by molar-refractivity contribution is 0.660. The average molecular weight is 174 g/mol. The number of benzene rings is 1. The molecule has 0 saturated heterocycles. The van der Waals surface area contributed by atoms with Crippen LogP contribution in [-0.4, -0.2) is 0 Å². The third-order valence-corrected chi connectivity index (χ3v) is 3.24. The minimum atomic E-state index is 0.778. The van der Waals surface area contributed by atoms with Gasteiger partial charge in [0.1, 0.15) is 0 Å². The van der Waals surface area contributed by atoms with Crippen LogP contribution in [0.5, 0.6) is 0 Å². The molecule has 2 rings (SSSR count). The molecule has 1 aromatic carbocycles. The van der Waals surface area contributed by atoms with Gasteiger partial charge < -0.3 is 0 Å². The van der Waals surface area contributed by atoms with E-state index in [0.717, 1.165) is 11.8 Å². The molecular formula is C13H18. The van der Waals surface area contributed by atoms with E-state index in [4.69, 9.17) is 0 Å². The van der Waals surface area contributed by atoms with Crippen LogP contribution in [0.25, 0.3) is 0 Å². The Morgan fingerprint density at radius 1 is 1.23 bits per heavy atom. The lowest BCUT2D eigenvalue weighted by Gasteiger charge is -2.14. The monoisotopic (exact) mass is 174 g/mol. The van der Waals surface area contributed by atoms with Gasteiger partial charge in [-0.05, 0) is 49.7 Å². The molecule has 0 radical (unpaired) electrons. The first-order valence-corrected chi connectivity index (χ1v) is 5.25. The fourth-order valence-electron chi connectivity index (χ4n) is 2.19. The van der Waals surface area contributed by atoms with Gasteiger partial charge in [-0.3, -0.25) is 0 Å². The Morgan fingerprint density at radius 2 is 1.92 bits per heavy atom. The molecule has 0 amide bonds. The fourth-order valence-corrected chi connectivity index (χ4v) is 2.19. The smallest absolute Gasteiger partial charge is 0.0159 e. The molecule has 1 fully saturated rings. The summed E-state index contributed by atoms with van der Waals surface area (Å²) in [5.41, 5.74) is 4.41. The van der Waals surface area contributed by atoms with Crippen LogP contribution in [0, 0.1) is 19.8 Å². The molecule has 0 bridgehead atoms. The summed E-state index contributed by atoms with van der Waals surface area (Å²) < 4.78 is 0. The van der Waals surface area contributed by atoms with Crippen molar-refractivity contribution in [3.05, 3.63) is 34.9 Å². The maximum absolute atomic E-state index is 2.37. The van der Waals surface area contributed by atoms with Crippen LogP contribution in [0.1, 0.15) is 42.4 Å². The lowest BCUT2D eigenvalue weighted by Crippen LogP contribution is -1.98. The Bertz CT molecular complexity index is 308. The van der Waals surface area contributed by atoms with Gasteiger partial charge in [-0.1, -0.05) is 30.7 Å². The molecule has 70 valence electrons. The van der Waals surface area contributed by atoms with E-state index in [0.29, 0.717) is 0 Å². The van der Waals surface area contributed by atoms with Gasteiger partial charge in [-0.15, -0.1) is 0 Å². The average Bonchev–Trinajstić information content (AvgIpc) is 2.85. The lowest BCUT2D eigenvalue weighted by atomic mass is 9.91. The standard InChI is InChI=1S/C13H18/c1-9-4-7-13(10(2)8-9)11(3)12-5-6-12/h4,7-8,11-12H,5-6H2,1-3H3/t11-/m1/s1. The normalized spacial score (nSPS) is 18.7. The predicted molar refractivity (Wildman–Crippen MR) is 57.1 cm³/mol. The van der Waals surface area contributed by atoms with E-state index in [2.05, 4.69) is 39.0 Å². The van der Waals surface area contributed by atoms with Gasteiger partial charge in [0, 0.05) is 0 Å². The van der Waals surface area contributed by atoms with Crippen molar-refractivity contribution in [2.24, 2.45) is 5.92 Å². The number of aryl methyl sites for hydroxylation is 2. The summed E-state index contributed by atoms with van der Waals surface area (Å²) in [7, 11) is 0. The van der Waals surface area contributed by atoms with Gasteiger partial charge in [0.05, 0.1) is 0 Å². The number of hydrogen-bond donors (Lipinski definition) is 0. The van der Waals surface area contributed by atoms with E-state index in [9.17, 15) is 0 Å². The molecule has 0 heterocycles. The Labute approximate surface area is 81.0 Å². The van der Waals surface area contributed by atoms with Gasteiger partial charge in [0.2, 0.25) is 0 Å². The Hall–Kier alpha value is -0.780. The van der Waals surface area contributed by atoms with Gasteiger partial charge in [-0.25, -0.2) is 0 Å². The van der Waals surface area contributed by atoms with Crippen LogP contribution in [0.15, 0.2) is 18.2 Å². The van der Waals surface area contributed by atoms with E-state index >= 15 is 0 Å². The Morgan fingerprint density at radius 3 is 2.46 bits per heavy atom. The molecule has 0 unspecified atom stereocenters. The van der Waals surface area contributed by atoms with Crippen molar-refractivity contribution in [3.8, 4) is 0 Å². The number of rotatable bonds is 2. The Balaban J connectivity index is 2.28. The van der Waals surface area contributed by atoms with Crippen molar-refractivity contribution >= 4 is 0 Å². The van der Waals surface area contributed by atoms with Crippen molar-refractivity contribution < 1.29 is 0 Å². The maximum atomic E-state index is 2.37. The molecule has 0 heteroatoms. The summed E-state index contributed by atoms with van der Waals surface area (Å²) >= 11 is 0. The topological polar surface area (TPSA) is 0 Å². The summed E-state index contributed by atoms with van der Waals surface area (Å²) in [6, 6.07) is 6.85. The molecule has 0 spiro atoms. The summed E-state index contributed by atoms with van der Waals surface area (Å²) in [4.78, 5) is 0. The fraction of sp³-hybridized carbons (Fsp3) is 0.538. The quantitative estimate of drug-likeness (QED) is 0.639. The second-order valence-corrected chi connectivity index (χ2v) is 4.49. The van der Waals surface area contributed by atoms with Crippen molar-refractivity contribution in [2.75, 3.05) is 0 Å². The van der Waals surface area contributed by atoms with Crippen molar-refractivity contribution in [3.63, 3.8) is 0 Å². The minimum Gasteiger partial charge on any atom is -0.0590 e.